The van der Waals surface area contributed by atoms with Gasteiger partial charge in [0.15, 0.2) is 6.61 Å². The van der Waals surface area contributed by atoms with Crippen molar-refractivity contribution in [1.82, 2.24) is 4.98 Å². The van der Waals surface area contributed by atoms with Crippen molar-refractivity contribution in [1.29, 1.82) is 0 Å². The van der Waals surface area contributed by atoms with E-state index in [2.05, 4.69) is 25.1 Å². The van der Waals surface area contributed by atoms with E-state index >= 15 is 0 Å². The number of aromatic nitrogens is 1. The number of carboxylic acid groups (broad SMARTS) is 1. The highest BCUT2D eigenvalue weighted by Gasteiger charge is 2.12. The number of thioether (sulfide) groups is 1. The van der Waals surface area contributed by atoms with Crippen molar-refractivity contribution in [2.24, 2.45) is 0 Å². The first-order valence-electron chi connectivity index (χ1n) is 10.7. The molecular weight excluding hydrogens is 454 g/mol. The van der Waals surface area contributed by atoms with Gasteiger partial charge in [-0.25, -0.2) is 9.78 Å². The Kier molecular flexibility index (Phi) is 7.52. The van der Waals surface area contributed by atoms with Gasteiger partial charge < -0.3 is 14.6 Å². The number of para-hydroxylation sites is 1. The standard InChI is InChI=1S/C26H25NO4S2/c1-17-8-10-23(20(14-17)26-27-21-6-3-4-7-24(21)33-26)30-12-5-13-32-19-9-11-22(18(2)15-19)31-16-25(28)29/h3-4,6-11,14-15H,5,12-13,16H2,1-2H3,(H,28,29). The minimum absolute atomic E-state index is 0.331. The van der Waals surface area contributed by atoms with E-state index in [0.717, 1.165) is 44.5 Å². The van der Waals surface area contributed by atoms with Crippen LogP contribution in [-0.4, -0.2) is 35.0 Å². The average molecular weight is 480 g/mol. The average Bonchev–Trinajstić information content (AvgIpc) is 3.23. The van der Waals surface area contributed by atoms with Crippen LogP contribution in [0, 0.1) is 13.8 Å². The molecule has 0 atom stereocenters. The van der Waals surface area contributed by atoms with E-state index < -0.39 is 5.97 Å². The number of carbonyl (C=O) groups is 1. The number of carboxylic acids is 1. The zero-order valence-electron chi connectivity index (χ0n) is 18.5. The van der Waals surface area contributed by atoms with E-state index in [0.29, 0.717) is 12.4 Å². The molecule has 0 amide bonds. The summed E-state index contributed by atoms with van der Waals surface area (Å²) in [5.41, 5.74) is 4.16. The zero-order chi connectivity index (χ0) is 23.2. The van der Waals surface area contributed by atoms with E-state index in [1.165, 1.54) is 10.3 Å². The molecule has 4 aromatic rings. The smallest absolute Gasteiger partial charge is 0.341 e. The van der Waals surface area contributed by atoms with Crippen LogP contribution in [0.2, 0.25) is 0 Å². The molecule has 0 aliphatic heterocycles. The SMILES string of the molecule is Cc1ccc(OCCCSc2ccc(OCC(=O)O)c(C)c2)c(-c2nc3ccccc3s2)c1. The van der Waals surface area contributed by atoms with Gasteiger partial charge in [-0.05, 0) is 68.3 Å². The molecule has 1 aromatic heterocycles. The molecule has 0 bridgehead atoms. The highest BCUT2D eigenvalue weighted by atomic mass is 32.2. The molecule has 1 N–H and O–H groups in total. The van der Waals surface area contributed by atoms with Crippen LogP contribution >= 0.6 is 23.1 Å². The minimum atomic E-state index is -0.979. The second kappa shape index (κ2) is 10.7. The second-order valence-electron chi connectivity index (χ2n) is 7.65. The molecule has 0 aliphatic carbocycles. The maximum Gasteiger partial charge on any atom is 0.341 e. The summed E-state index contributed by atoms with van der Waals surface area (Å²) in [6, 6.07) is 20.2. The van der Waals surface area contributed by atoms with Crippen LogP contribution in [0.3, 0.4) is 0 Å². The molecular formula is C26H25NO4S2. The molecule has 0 saturated carbocycles. The normalized spacial score (nSPS) is 11.0. The van der Waals surface area contributed by atoms with Crippen molar-refractivity contribution in [3.05, 3.63) is 71.8 Å². The number of benzene rings is 3. The van der Waals surface area contributed by atoms with Crippen LogP contribution in [0.5, 0.6) is 11.5 Å². The lowest BCUT2D eigenvalue weighted by Gasteiger charge is -2.11. The maximum atomic E-state index is 10.7. The summed E-state index contributed by atoms with van der Waals surface area (Å²) in [5, 5.41) is 9.73. The monoisotopic (exact) mass is 479 g/mol. The molecule has 3 aromatic carbocycles. The number of rotatable bonds is 10. The number of hydrogen-bond acceptors (Lipinski definition) is 6. The molecule has 0 saturated heterocycles. The Labute approximate surface area is 201 Å². The molecule has 33 heavy (non-hydrogen) atoms. The van der Waals surface area contributed by atoms with Crippen molar-refractivity contribution in [3.63, 3.8) is 0 Å². The first kappa shape index (κ1) is 23.1. The predicted molar refractivity (Wildman–Crippen MR) is 135 cm³/mol. The Bertz CT molecular complexity index is 1240. The third-order valence-electron chi connectivity index (χ3n) is 4.97. The number of fused-ring (bicyclic) bond motifs is 1. The van der Waals surface area contributed by atoms with Gasteiger partial charge in [-0.15, -0.1) is 23.1 Å². The number of hydrogen-bond donors (Lipinski definition) is 1. The summed E-state index contributed by atoms with van der Waals surface area (Å²) < 4.78 is 12.6. The van der Waals surface area contributed by atoms with Gasteiger partial charge in [-0.3, -0.25) is 0 Å². The quantitative estimate of drug-likeness (QED) is 0.204. The fourth-order valence-corrected chi connectivity index (χ4v) is 5.28. The first-order chi connectivity index (χ1) is 16.0. The largest absolute Gasteiger partial charge is 0.493 e. The van der Waals surface area contributed by atoms with E-state index in [-0.39, 0.29) is 6.61 Å². The van der Waals surface area contributed by atoms with Crippen LogP contribution in [0.1, 0.15) is 17.5 Å². The van der Waals surface area contributed by atoms with Crippen molar-refractivity contribution in [2.75, 3.05) is 19.0 Å². The van der Waals surface area contributed by atoms with Crippen LogP contribution in [-0.2, 0) is 4.79 Å². The van der Waals surface area contributed by atoms with Crippen molar-refractivity contribution in [2.45, 2.75) is 25.2 Å². The molecule has 5 nitrogen and oxygen atoms in total. The third kappa shape index (κ3) is 6.06. The van der Waals surface area contributed by atoms with Gasteiger partial charge in [0.25, 0.3) is 0 Å². The van der Waals surface area contributed by atoms with E-state index in [1.807, 2.05) is 49.4 Å². The number of ether oxygens (including phenoxy) is 2. The Balaban J connectivity index is 1.33. The van der Waals surface area contributed by atoms with Crippen molar-refractivity contribution >= 4 is 39.3 Å². The third-order valence-corrected chi connectivity index (χ3v) is 7.12. The molecule has 4 rings (SSSR count). The van der Waals surface area contributed by atoms with Crippen LogP contribution in [0.25, 0.3) is 20.8 Å². The second-order valence-corrected chi connectivity index (χ2v) is 9.85. The summed E-state index contributed by atoms with van der Waals surface area (Å²) in [4.78, 5) is 16.6. The molecule has 0 unspecified atom stereocenters. The Hall–Kier alpha value is -3.03. The predicted octanol–water partition coefficient (Wildman–Crippen LogP) is 6.60. The highest BCUT2D eigenvalue weighted by Crippen LogP contribution is 2.36. The summed E-state index contributed by atoms with van der Waals surface area (Å²) in [6.45, 7) is 4.29. The van der Waals surface area contributed by atoms with Gasteiger partial charge in [0, 0.05) is 10.6 Å². The lowest BCUT2D eigenvalue weighted by Crippen LogP contribution is -2.10. The summed E-state index contributed by atoms with van der Waals surface area (Å²) in [6.07, 6.45) is 0.897. The lowest BCUT2D eigenvalue weighted by molar-refractivity contribution is -0.139. The van der Waals surface area contributed by atoms with Gasteiger partial charge in [-0.2, -0.15) is 0 Å². The Morgan fingerprint density at radius 3 is 2.64 bits per heavy atom. The number of thiazole rings is 1. The van der Waals surface area contributed by atoms with Crippen molar-refractivity contribution in [3.8, 4) is 22.1 Å². The molecule has 0 fully saturated rings. The molecule has 170 valence electrons. The maximum absolute atomic E-state index is 10.7. The number of nitrogens with zero attached hydrogens (tertiary/aromatic N) is 1. The topological polar surface area (TPSA) is 68.7 Å². The number of aliphatic carboxylic acids is 1. The molecule has 1 heterocycles. The molecule has 0 spiro atoms. The van der Waals surface area contributed by atoms with E-state index in [1.54, 1.807) is 23.1 Å². The van der Waals surface area contributed by atoms with Gasteiger partial charge in [0.2, 0.25) is 0 Å². The summed E-state index contributed by atoms with van der Waals surface area (Å²) in [7, 11) is 0. The lowest BCUT2D eigenvalue weighted by atomic mass is 10.1. The Morgan fingerprint density at radius 2 is 1.85 bits per heavy atom. The van der Waals surface area contributed by atoms with Crippen LogP contribution in [0.15, 0.2) is 65.6 Å². The molecule has 7 heteroatoms. The summed E-state index contributed by atoms with van der Waals surface area (Å²) >= 11 is 3.43. The van der Waals surface area contributed by atoms with E-state index in [9.17, 15) is 4.79 Å². The van der Waals surface area contributed by atoms with Gasteiger partial charge in [0.1, 0.15) is 16.5 Å². The van der Waals surface area contributed by atoms with Gasteiger partial charge >= 0.3 is 5.97 Å². The Morgan fingerprint density at radius 1 is 1.03 bits per heavy atom. The first-order valence-corrected chi connectivity index (χ1v) is 12.5. The van der Waals surface area contributed by atoms with Crippen molar-refractivity contribution < 1.29 is 19.4 Å². The van der Waals surface area contributed by atoms with Gasteiger partial charge in [-0.1, -0.05) is 23.8 Å². The molecule has 0 aliphatic rings. The molecule has 0 radical (unpaired) electrons. The fraction of sp³-hybridized carbons (Fsp3) is 0.231. The van der Waals surface area contributed by atoms with E-state index in [4.69, 9.17) is 19.6 Å². The zero-order valence-corrected chi connectivity index (χ0v) is 20.2. The number of aryl methyl sites for hydroxylation is 2. The summed E-state index contributed by atoms with van der Waals surface area (Å²) in [5.74, 6) is 1.40. The minimum Gasteiger partial charge on any atom is -0.493 e. The highest BCUT2D eigenvalue weighted by molar-refractivity contribution is 7.99. The van der Waals surface area contributed by atoms with Crippen LogP contribution in [0.4, 0.5) is 0 Å². The van der Waals surface area contributed by atoms with Gasteiger partial charge in [0.05, 0.1) is 22.4 Å². The fourth-order valence-electron chi connectivity index (χ4n) is 3.37. The van der Waals surface area contributed by atoms with Crippen LogP contribution < -0.4 is 9.47 Å².